The van der Waals surface area contributed by atoms with Gasteiger partial charge in [-0.3, -0.25) is 0 Å². The van der Waals surface area contributed by atoms with Gasteiger partial charge in [0, 0.05) is 24.1 Å². The van der Waals surface area contributed by atoms with E-state index in [0.717, 1.165) is 29.8 Å². The fourth-order valence-corrected chi connectivity index (χ4v) is 3.88. The molecule has 0 aliphatic carbocycles. The van der Waals surface area contributed by atoms with Gasteiger partial charge in [0.25, 0.3) is 0 Å². The van der Waals surface area contributed by atoms with E-state index in [4.69, 9.17) is 0 Å². The summed E-state index contributed by atoms with van der Waals surface area (Å²) in [5, 5.41) is 7.01. The monoisotopic (exact) mass is 419 g/mol. The third kappa shape index (κ3) is 4.18. The zero-order valence-electron chi connectivity index (χ0n) is 16.0. The van der Waals surface area contributed by atoms with Crippen molar-refractivity contribution in [3.8, 4) is 11.3 Å². The Morgan fingerprint density at radius 1 is 0.933 bits per heavy atom. The van der Waals surface area contributed by atoms with Gasteiger partial charge in [-0.25, -0.2) is 8.78 Å². The molecule has 30 heavy (non-hydrogen) atoms. The average Bonchev–Trinajstić information content (AvgIpc) is 2.84. The summed E-state index contributed by atoms with van der Waals surface area (Å²) in [6.07, 6.45) is -3.86. The lowest BCUT2D eigenvalue weighted by atomic mass is 9.85. The van der Waals surface area contributed by atoms with Gasteiger partial charge in [-0.15, -0.1) is 10.2 Å². The highest BCUT2D eigenvalue weighted by Crippen LogP contribution is 2.36. The maximum absolute atomic E-state index is 13.8. The van der Waals surface area contributed by atoms with E-state index in [1.54, 1.807) is 6.07 Å². The van der Waals surface area contributed by atoms with Crippen LogP contribution in [0.1, 0.15) is 34.7 Å². The molecular weight excluding hydrogens is 401 g/mol. The fraction of sp³-hybridized carbons (Fsp3) is 0.273. The smallest absolute Gasteiger partial charge is 0.302 e. The van der Waals surface area contributed by atoms with Gasteiger partial charge in [0.2, 0.25) is 0 Å². The van der Waals surface area contributed by atoms with E-state index in [-0.39, 0.29) is 5.92 Å². The second-order valence-corrected chi connectivity index (χ2v) is 7.50. The summed E-state index contributed by atoms with van der Waals surface area (Å²) in [7, 11) is 1.95. The molecule has 156 valence electrons. The highest BCUT2D eigenvalue weighted by atomic mass is 19.4. The molecule has 1 atom stereocenters. The molecule has 4 rings (SSSR count). The quantitative estimate of drug-likeness (QED) is 0.521. The maximum Gasteiger partial charge on any atom is 0.435 e. The van der Waals surface area contributed by atoms with Gasteiger partial charge in [0.05, 0.1) is 5.69 Å². The summed E-state index contributed by atoms with van der Waals surface area (Å²) in [6.45, 7) is 1.33. The van der Waals surface area contributed by atoms with E-state index in [9.17, 15) is 22.0 Å². The van der Waals surface area contributed by atoms with Crippen molar-refractivity contribution in [3.05, 3.63) is 82.5 Å². The van der Waals surface area contributed by atoms with Crippen LogP contribution in [0.4, 0.5) is 22.0 Å². The van der Waals surface area contributed by atoms with Crippen molar-refractivity contribution in [2.45, 2.75) is 25.1 Å². The van der Waals surface area contributed by atoms with Gasteiger partial charge in [-0.1, -0.05) is 12.1 Å². The molecule has 0 bridgehead atoms. The Balaban J connectivity index is 1.74. The third-order valence-corrected chi connectivity index (χ3v) is 5.30. The molecule has 8 heteroatoms. The summed E-state index contributed by atoms with van der Waals surface area (Å²) in [4.78, 5) is 2.09. The molecule has 3 nitrogen and oxygen atoms in total. The first-order valence-electron chi connectivity index (χ1n) is 9.39. The van der Waals surface area contributed by atoms with Gasteiger partial charge in [-0.2, -0.15) is 13.2 Å². The summed E-state index contributed by atoms with van der Waals surface area (Å²) in [6, 6.07) is 11.2. The number of halogens is 5. The van der Waals surface area contributed by atoms with E-state index in [1.165, 1.54) is 18.2 Å². The molecule has 0 saturated heterocycles. The minimum Gasteiger partial charge on any atom is -0.302 e. The zero-order chi connectivity index (χ0) is 21.5. The minimum atomic E-state index is -4.55. The second-order valence-electron chi connectivity index (χ2n) is 7.50. The lowest BCUT2D eigenvalue weighted by molar-refractivity contribution is -0.141. The number of aromatic nitrogens is 2. The molecule has 1 unspecified atom stereocenters. The number of hydrogen-bond acceptors (Lipinski definition) is 3. The van der Waals surface area contributed by atoms with Gasteiger partial charge in [0.15, 0.2) is 5.69 Å². The standard InChI is InChI=1S/C22H18F5N3/c1-30-7-6-19(14-9-16(23)11-17(24)10-14)18-3-2-13(8-15(18)12-30)20-4-5-21(29-28-20)22(25,26)27/h2-5,8-11,19H,6-7,12H2,1H3. The van der Waals surface area contributed by atoms with Gasteiger partial charge < -0.3 is 4.90 Å². The van der Waals surface area contributed by atoms with E-state index >= 15 is 0 Å². The number of alkyl halides is 3. The Hall–Kier alpha value is -2.87. The Bertz CT molecular complexity index is 1040. The Morgan fingerprint density at radius 2 is 1.67 bits per heavy atom. The molecule has 3 aromatic rings. The second kappa shape index (κ2) is 7.75. The molecule has 0 radical (unpaired) electrons. The minimum absolute atomic E-state index is 0.192. The van der Waals surface area contributed by atoms with Crippen molar-refractivity contribution in [2.24, 2.45) is 0 Å². The van der Waals surface area contributed by atoms with Crippen LogP contribution in [0.25, 0.3) is 11.3 Å². The van der Waals surface area contributed by atoms with Crippen molar-refractivity contribution < 1.29 is 22.0 Å². The molecule has 0 amide bonds. The highest BCUT2D eigenvalue weighted by molar-refractivity contribution is 5.61. The van der Waals surface area contributed by atoms with Crippen LogP contribution in [-0.2, 0) is 12.7 Å². The number of benzene rings is 2. The van der Waals surface area contributed by atoms with Crippen molar-refractivity contribution in [2.75, 3.05) is 13.6 Å². The predicted molar refractivity (Wildman–Crippen MR) is 102 cm³/mol. The van der Waals surface area contributed by atoms with Crippen molar-refractivity contribution in [1.82, 2.24) is 15.1 Å². The SMILES string of the molecule is CN1CCC(c2cc(F)cc(F)c2)c2ccc(-c3ccc(C(F)(F)F)nn3)cc2C1. The van der Waals surface area contributed by atoms with Crippen LogP contribution in [0.15, 0.2) is 48.5 Å². The predicted octanol–water partition coefficient (Wildman–Crippen LogP) is 5.41. The topological polar surface area (TPSA) is 29.0 Å². The number of hydrogen-bond donors (Lipinski definition) is 0. The lowest BCUT2D eigenvalue weighted by Gasteiger charge is -2.19. The molecule has 0 saturated carbocycles. The summed E-state index contributed by atoms with van der Waals surface area (Å²) < 4.78 is 65.8. The summed E-state index contributed by atoms with van der Waals surface area (Å²) in [5.41, 5.74) is 2.34. The molecule has 2 aromatic carbocycles. The molecular formula is C22H18F5N3. The van der Waals surface area contributed by atoms with Crippen LogP contribution >= 0.6 is 0 Å². The van der Waals surface area contributed by atoms with E-state index < -0.39 is 23.5 Å². The molecule has 0 fully saturated rings. The first kappa shape index (κ1) is 20.4. The first-order chi connectivity index (χ1) is 14.2. The van der Waals surface area contributed by atoms with Crippen molar-refractivity contribution in [3.63, 3.8) is 0 Å². The molecule has 1 aliphatic heterocycles. The third-order valence-electron chi connectivity index (χ3n) is 5.30. The number of nitrogens with zero attached hydrogens (tertiary/aromatic N) is 3. The van der Waals surface area contributed by atoms with Crippen LogP contribution in [0, 0.1) is 11.6 Å². The number of fused-ring (bicyclic) bond motifs is 1. The van der Waals surface area contributed by atoms with E-state index in [0.29, 0.717) is 29.8 Å². The Labute approximate surface area is 170 Å². The lowest BCUT2D eigenvalue weighted by Crippen LogP contribution is -2.17. The van der Waals surface area contributed by atoms with E-state index in [2.05, 4.69) is 15.1 Å². The van der Waals surface area contributed by atoms with Crippen LogP contribution in [0.5, 0.6) is 0 Å². The molecule has 1 aromatic heterocycles. The molecule has 1 aliphatic rings. The van der Waals surface area contributed by atoms with Crippen molar-refractivity contribution in [1.29, 1.82) is 0 Å². The maximum atomic E-state index is 13.8. The largest absolute Gasteiger partial charge is 0.435 e. The summed E-state index contributed by atoms with van der Waals surface area (Å²) in [5.74, 6) is -1.44. The number of rotatable bonds is 2. The van der Waals surface area contributed by atoms with Gasteiger partial charge >= 0.3 is 6.18 Å². The van der Waals surface area contributed by atoms with Crippen LogP contribution in [0.3, 0.4) is 0 Å². The summed E-state index contributed by atoms with van der Waals surface area (Å²) >= 11 is 0. The normalized spacial score (nSPS) is 17.5. The molecule has 0 spiro atoms. The zero-order valence-corrected chi connectivity index (χ0v) is 16.0. The van der Waals surface area contributed by atoms with Crippen LogP contribution in [-0.4, -0.2) is 28.7 Å². The van der Waals surface area contributed by atoms with E-state index in [1.807, 2.05) is 19.2 Å². The first-order valence-corrected chi connectivity index (χ1v) is 9.39. The fourth-order valence-electron chi connectivity index (χ4n) is 3.88. The Morgan fingerprint density at radius 3 is 2.30 bits per heavy atom. The highest BCUT2D eigenvalue weighted by Gasteiger charge is 2.33. The molecule has 2 heterocycles. The Kier molecular flexibility index (Phi) is 5.27. The van der Waals surface area contributed by atoms with Gasteiger partial charge in [0.1, 0.15) is 11.6 Å². The van der Waals surface area contributed by atoms with Crippen LogP contribution < -0.4 is 0 Å². The molecule has 0 N–H and O–H groups in total. The van der Waals surface area contributed by atoms with Crippen molar-refractivity contribution >= 4 is 0 Å². The van der Waals surface area contributed by atoms with Gasteiger partial charge in [-0.05, 0) is 67.0 Å². The van der Waals surface area contributed by atoms with Crippen LogP contribution in [0.2, 0.25) is 0 Å². The average molecular weight is 419 g/mol.